The predicted molar refractivity (Wildman–Crippen MR) is 98.7 cm³/mol. The minimum atomic E-state index is -5.11. The van der Waals surface area contributed by atoms with Crippen LogP contribution in [0.1, 0.15) is 17.5 Å². The van der Waals surface area contributed by atoms with Crippen molar-refractivity contribution in [1.29, 1.82) is 0 Å². The van der Waals surface area contributed by atoms with Gasteiger partial charge in [0.25, 0.3) is 11.6 Å². The molecule has 3 rings (SSSR count). The van der Waals surface area contributed by atoms with Crippen molar-refractivity contribution in [2.24, 2.45) is 5.10 Å². The lowest BCUT2D eigenvalue weighted by Crippen LogP contribution is -2.57. The molecular formula is C20H19F3N2O4. The van der Waals surface area contributed by atoms with Gasteiger partial charge in [0.2, 0.25) is 0 Å². The van der Waals surface area contributed by atoms with Crippen molar-refractivity contribution in [3.8, 4) is 11.5 Å². The molecule has 0 bridgehead atoms. The second-order valence-electron chi connectivity index (χ2n) is 6.53. The molecule has 0 saturated heterocycles. The minimum Gasteiger partial charge on any atom is -0.497 e. The molecule has 1 atom stereocenters. The van der Waals surface area contributed by atoms with Gasteiger partial charge >= 0.3 is 6.18 Å². The maximum absolute atomic E-state index is 13.6. The van der Waals surface area contributed by atoms with Gasteiger partial charge in [-0.3, -0.25) is 4.79 Å². The lowest BCUT2D eigenvalue weighted by Gasteiger charge is -2.32. The number of nitrogens with zero attached hydrogens (tertiary/aromatic N) is 2. The fourth-order valence-corrected chi connectivity index (χ4v) is 2.89. The number of hydrogen-bond donors (Lipinski definition) is 1. The third-order valence-corrected chi connectivity index (χ3v) is 4.54. The maximum Gasteiger partial charge on any atom is 0.438 e. The molecule has 1 amide bonds. The van der Waals surface area contributed by atoms with Crippen LogP contribution in [0.3, 0.4) is 0 Å². The molecule has 0 unspecified atom stereocenters. The van der Waals surface area contributed by atoms with Crippen molar-refractivity contribution >= 4 is 11.6 Å². The fourth-order valence-electron chi connectivity index (χ4n) is 2.89. The molecule has 1 heterocycles. The summed E-state index contributed by atoms with van der Waals surface area (Å²) in [5, 5.41) is 14.2. The van der Waals surface area contributed by atoms with Crippen molar-refractivity contribution in [2.45, 2.75) is 25.2 Å². The smallest absolute Gasteiger partial charge is 0.438 e. The largest absolute Gasteiger partial charge is 0.497 e. The molecule has 0 fully saturated rings. The Bertz CT molecular complexity index is 928. The minimum absolute atomic E-state index is 0.0604. The Kier molecular flexibility index (Phi) is 5.52. The molecule has 29 heavy (non-hydrogen) atoms. The number of benzene rings is 2. The van der Waals surface area contributed by atoms with E-state index in [0.717, 1.165) is 5.56 Å². The van der Waals surface area contributed by atoms with E-state index in [-0.39, 0.29) is 10.7 Å². The monoisotopic (exact) mass is 408 g/mol. The van der Waals surface area contributed by atoms with E-state index in [1.165, 1.54) is 19.2 Å². The summed E-state index contributed by atoms with van der Waals surface area (Å²) in [7, 11) is 1.46. The highest BCUT2D eigenvalue weighted by atomic mass is 19.4. The summed E-state index contributed by atoms with van der Waals surface area (Å²) in [5.41, 5.74) is -2.47. The Morgan fingerprint density at radius 2 is 1.86 bits per heavy atom. The van der Waals surface area contributed by atoms with Crippen molar-refractivity contribution in [3.05, 3.63) is 59.7 Å². The van der Waals surface area contributed by atoms with Crippen LogP contribution < -0.4 is 9.47 Å². The number of aryl methyl sites for hydroxylation is 1. The number of para-hydroxylation sites is 1. The zero-order valence-corrected chi connectivity index (χ0v) is 15.7. The molecular weight excluding hydrogens is 389 g/mol. The van der Waals surface area contributed by atoms with Gasteiger partial charge in [-0.2, -0.15) is 23.3 Å². The SMILES string of the molecule is COc1ccc(C2=NN(C(=O)COc3ccccc3C)[C@@](O)(C(F)(F)F)C2)cc1. The number of hydrazone groups is 1. The van der Waals surface area contributed by atoms with Crippen LogP contribution in [-0.4, -0.2) is 47.4 Å². The van der Waals surface area contributed by atoms with Gasteiger partial charge in [0, 0.05) is 0 Å². The summed E-state index contributed by atoms with van der Waals surface area (Å²) in [6, 6.07) is 12.9. The van der Waals surface area contributed by atoms with Gasteiger partial charge in [-0.05, 0) is 48.4 Å². The zero-order chi connectivity index (χ0) is 21.2. The number of aliphatic hydroxyl groups is 1. The summed E-state index contributed by atoms with van der Waals surface area (Å²) in [4.78, 5) is 12.5. The molecule has 2 aromatic rings. The quantitative estimate of drug-likeness (QED) is 0.825. The predicted octanol–water partition coefficient (Wildman–Crippen LogP) is 3.27. The van der Waals surface area contributed by atoms with Gasteiger partial charge in [-0.15, -0.1) is 0 Å². The lowest BCUT2D eigenvalue weighted by atomic mass is 10.0. The number of carbonyl (C=O) groups excluding carboxylic acids is 1. The summed E-state index contributed by atoms with van der Waals surface area (Å²) < 4.78 is 51.2. The molecule has 1 aliphatic rings. The Labute approximate surface area is 165 Å². The van der Waals surface area contributed by atoms with Gasteiger partial charge in [-0.1, -0.05) is 18.2 Å². The molecule has 2 aromatic carbocycles. The van der Waals surface area contributed by atoms with Gasteiger partial charge in [0.05, 0.1) is 19.2 Å². The summed E-state index contributed by atoms with van der Waals surface area (Å²) >= 11 is 0. The average molecular weight is 408 g/mol. The molecule has 154 valence electrons. The average Bonchev–Trinajstić information content (AvgIpc) is 3.06. The van der Waals surface area contributed by atoms with Crippen LogP contribution in [0.5, 0.6) is 11.5 Å². The second kappa shape index (κ2) is 7.75. The first kappa shape index (κ1) is 20.7. The van der Waals surface area contributed by atoms with Crippen LogP contribution in [0.25, 0.3) is 0 Å². The number of amides is 1. The molecule has 0 radical (unpaired) electrons. The summed E-state index contributed by atoms with van der Waals surface area (Å²) in [5.74, 6) is -0.246. The number of carbonyl (C=O) groups is 1. The fraction of sp³-hybridized carbons (Fsp3) is 0.300. The van der Waals surface area contributed by atoms with Crippen molar-refractivity contribution < 1.29 is 32.5 Å². The van der Waals surface area contributed by atoms with E-state index >= 15 is 0 Å². The Morgan fingerprint density at radius 3 is 2.45 bits per heavy atom. The molecule has 0 aromatic heterocycles. The Balaban J connectivity index is 1.86. The number of rotatable bonds is 5. The van der Waals surface area contributed by atoms with Crippen molar-refractivity contribution in [2.75, 3.05) is 13.7 Å². The normalized spacial score (nSPS) is 19.1. The Hall–Kier alpha value is -3.07. The molecule has 1 N–H and O–H groups in total. The number of halogens is 3. The highest BCUT2D eigenvalue weighted by molar-refractivity contribution is 6.03. The Morgan fingerprint density at radius 1 is 1.21 bits per heavy atom. The number of ether oxygens (including phenoxy) is 2. The van der Waals surface area contributed by atoms with E-state index < -0.39 is 30.8 Å². The maximum atomic E-state index is 13.6. The molecule has 0 aliphatic carbocycles. The van der Waals surface area contributed by atoms with E-state index in [1.807, 2.05) is 0 Å². The van der Waals surface area contributed by atoms with Gasteiger partial charge < -0.3 is 14.6 Å². The van der Waals surface area contributed by atoms with Gasteiger partial charge in [0.15, 0.2) is 6.61 Å². The first-order valence-electron chi connectivity index (χ1n) is 8.68. The van der Waals surface area contributed by atoms with Crippen LogP contribution in [0, 0.1) is 6.92 Å². The number of methoxy groups -OCH3 is 1. The first-order chi connectivity index (χ1) is 13.7. The number of hydrogen-bond acceptors (Lipinski definition) is 5. The van der Waals surface area contributed by atoms with Crippen molar-refractivity contribution in [3.63, 3.8) is 0 Å². The highest BCUT2D eigenvalue weighted by Gasteiger charge is 2.63. The van der Waals surface area contributed by atoms with Gasteiger partial charge in [-0.25, -0.2) is 0 Å². The second-order valence-corrected chi connectivity index (χ2v) is 6.53. The van der Waals surface area contributed by atoms with E-state index in [2.05, 4.69) is 5.10 Å². The van der Waals surface area contributed by atoms with Gasteiger partial charge in [0.1, 0.15) is 11.5 Å². The lowest BCUT2D eigenvalue weighted by molar-refractivity contribution is -0.302. The third-order valence-electron chi connectivity index (χ3n) is 4.54. The molecule has 0 spiro atoms. The third kappa shape index (κ3) is 4.04. The van der Waals surface area contributed by atoms with E-state index in [1.54, 1.807) is 43.3 Å². The molecule has 6 nitrogen and oxygen atoms in total. The van der Waals surface area contributed by atoms with E-state index in [9.17, 15) is 23.1 Å². The first-order valence-corrected chi connectivity index (χ1v) is 8.68. The van der Waals surface area contributed by atoms with Crippen LogP contribution in [0.2, 0.25) is 0 Å². The highest BCUT2D eigenvalue weighted by Crippen LogP contribution is 2.41. The standard InChI is InChI=1S/C20H19F3N2O4/c1-13-5-3-4-6-17(13)29-12-18(26)25-19(27,20(21,22)23)11-16(24-25)14-7-9-15(28-2)10-8-14/h3-10,27H,11-12H2,1-2H3/t19-/m0/s1. The van der Waals surface area contributed by atoms with Crippen LogP contribution in [0.15, 0.2) is 53.6 Å². The van der Waals surface area contributed by atoms with Crippen LogP contribution in [-0.2, 0) is 4.79 Å². The molecule has 0 saturated carbocycles. The van der Waals surface area contributed by atoms with E-state index in [0.29, 0.717) is 17.1 Å². The topological polar surface area (TPSA) is 71.4 Å². The summed E-state index contributed by atoms with van der Waals surface area (Å²) in [6.45, 7) is 1.03. The zero-order valence-electron chi connectivity index (χ0n) is 15.7. The van der Waals surface area contributed by atoms with Crippen molar-refractivity contribution in [1.82, 2.24) is 5.01 Å². The van der Waals surface area contributed by atoms with Crippen LogP contribution >= 0.6 is 0 Å². The van der Waals surface area contributed by atoms with E-state index in [4.69, 9.17) is 9.47 Å². The van der Waals surface area contributed by atoms with Crippen LogP contribution in [0.4, 0.5) is 13.2 Å². The summed E-state index contributed by atoms with van der Waals surface area (Å²) in [6.07, 6.45) is -6.00. The molecule has 9 heteroatoms. The molecule has 1 aliphatic heterocycles. The number of alkyl halides is 3.